The molecule has 0 heterocycles. The maximum absolute atomic E-state index is 6.32. The van der Waals surface area contributed by atoms with E-state index >= 15 is 0 Å². The van der Waals surface area contributed by atoms with Crippen LogP contribution in [0.25, 0.3) is 0 Å². The summed E-state index contributed by atoms with van der Waals surface area (Å²) < 4.78 is 0. The fourth-order valence-electron chi connectivity index (χ4n) is 2.88. The Balaban J connectivity index is 1.96. The predicted octanol–water partition coefficient (Wildman–Crippen LogP) is 2.69. The number of hydrogen-bond acceptors (Lipinski definition) is 1. The van der Waals surface area contributed by atoms with Crippen molar-refractivity contribution in [3.63, 3.8) is 0 Å². The molecule has 0 amide bonds. The summed E-state index contributed by atoms with van der Waals surface area (Å²) in [6.07, 6.45) is 9.81. The van der Waals surface area contributed by atoms with Crippen molar-refractivity contribution >= 4 is 0 Å². The van der Waals surface area contributed by atoms with Gasteiger partial charge < -0.3 is 5.73 Å². The normalized spacial score (nSPS) is 31.5. The Morgan fingerprint density at radius 3 is 2.17 bits per heavy atom. The van der Waals surface area contributed by atoms with Gasteiger partial charge in [0.15, 0.2) is 0 Å². The molecule has 1 unspecified atom stereocenters. The first-order valence-corrected chi connectivity index (χ1v) is 5.48. The minimum Gasteiger partial charge on any atom is -0.327 e. The largest absolute Gasteiger partial charge is 0.327 e. The lowest BCUT2D eigenvalue weighted by Crippen LogP contribution is -2.46. The summed E-state index contributed by atoms with van der Waals surface area (Å²) >= 11 is 0. The lowest BCUT2D eigenvalue weighted by Gasteiger charge is -2.41. The second-order valence-corrected chi connectivity index (χ2v) is 5.08. The highest BCUT2D eigenvalue weighted by atomic mass is 14.7. The molecule has 1 atom stereocenters. The SMILES string of the molecule is CC1(C(N)C2CCC2)CCCC1. The van der Waals surface area contributed by atoms with E-state index in [1.54, 1.807) is 0 Å². The summed E-state index contributed by atoms with van der Waals surface area (Å²) in [4.78, 5) is 0. The summed E-state index contributed by atoms with van der Waals surface area (Å²) in [5, 5.41) is 0. The first-order chi connectivity index (χ1) is 5.72. The topological polar surface area (TPSA) is 26.0 Å². The van der Waals surface area contributed by atoms with Gasteiger partial charge >= 0.3 is 0 Å². The third kappa shape index (κ3) is 1.28. The van der Waals surface area contributed by atoms with Crippen LogP contribution in [-0.2, 0) is 0 Å². The smallest absolute Gasteiger partial charge is 0.0121 e. The van der Waals surface area contributed by atoms with E-state index in [9.17, 15) is 0 Å². The molecule has 0 saturated heterocycles. The quantitative estimate of drug-likeness (QED) is 0.672. The summed E-state index contributed by atoms with van der Waals surface area (Å²) in [5.74, 6) is 0.869. The minimum atomic E-state index is 0.505. The van der Waals surface area contributed by atoms with Crippen LogP contribution in [0.2, 0.25) is 0 Å². The van der Waals surface area contributed by atoms with E-state index in [-0.39, 0.29) is 0 Å². The van der Waals surface area contributed by atoms with Crippen LogP contribution in [0.5, 0.6) is 0 Å². The van der Waals surface area contributed by atoms with Crippen molar-refractivity contribution in [3.8, 4) is 0 Å². The Morgan fingerprint density at radius 1 is 1.17 bits per heavy atom. The van der Waals surface area contributed by atoms with Crippen LogP contribution in [0, 0.1) is 11.3 Å². The van der Waals surface area contributed by atoms with Crippen LogP contribution in [0.4, 0.5) is 0 Å². The highest BCUT2D eigenvalue weighted by Gasteiger charge is 2.40. The van der Waals surface area contributed by atoms with E-state index in [1.807, 2.05) is 0 Å². The Morgan fingerprint density at radius 2 is 1.75 bits per heavy atom. The van der Waals surface area contributed by atoms with Gasteiger partial charge in [0, 0.05) is 6.04 Å². The average molecular weight is 167 g/mol. The summed E-state index contributed by atoms with van der Waals surface area (Å²) in [6, 6.07) is 0.508. The molecule has 12 heavy (non-hydrogen) atoms. The van der Waals surface area contributed by atoms with Crippen molar-refractivity contribution in [2.75, 3.05) is 0 Å². The van der Waals surface area contributed by atoms with Gasteiger partial charge in [-0.3, -0.25) is 0 Å². The third-order valence-electron chi connectivity index (χ3n) is 4.21. The van der Waals surface area contributed by atoms with Gasteiger partial charge in [-0.15, -0.1) is 0 Å². The monoisotopic (exact) mass is 167 g/mol. The van der Waals surface area contributed by atoms with Gasteiger partial charge in [-0.25, -0.2) is 0 Å². The van der Waals surface area contributed by atoms with E-state index in [0.29, 0.717) is 11.5 Å². The van der Waals surface area contributed by atoms with Crippen molar-refractivity contribution < 1.29 is 0 Å². The Kier molecular flexibility index (Phi) is 2.16. The molecule has 0 radical (unpaired) electrons. The van der Waals surface area contributed by atoms with Crippen molar-refractivity contribution in [3.05, 3.63) is 0 Å². The highest BCUT2D eigenvalue weighted by molar-refractivity contribution is 4.95. The number of hydrogen-bond donors (Lipinski definition) is 1. The maximum atomic E-state index is 6.32. The molecule has 0 aromatic carbocycles. The van der Waals surface area contributed by atoms with E-state index in [0.717, 1.165) is 5.92 Å². The molecule has 2 saturated carbocycles. The van der Waals surface area contributed by atoms with E-state index in [4.69, 9.17) is 5.73 Å². The molecule has 0 aliphatic heterocycles. The molecule has 0 spiro atoms. The number of nitrogens with two attached hydrogens (primary N) is 1. The van der Waals surface area contributed by atoms with Crippen LogP contribution in [0.1, 0.15) is 51.9 Å². The average Bonchev–Trinajstić information content (AvgIpc) is 2.33. The molecule has 0 aromatic heterocycles. The molecule has 1 heteroatoms. The van der Waals surface area contributed by atoms with Gasteiger partial charge in [0.1, 0.15) is 0 Å². The van der Waals surface area contributed by atoms with Crippen molar-refractivity contribution in [2.24, 2.45) is 17.1 Å². The Labute approximate surface area is 75.7 Å². The second kappa shape index (κ2) is 3.02. The Hall–Kier alpha value is -0.0400. The molecule has 70 valence electrons. The fraction of sp³-hybridized carbons (Fsp3) is 1.00. The van der Waals surface area contributed by atoms with Crippen LogP contribution in [0.3, 0.4) is 0 Å². The van der Waals surface area contributed by atoms with Crippen molar-refractivity contribution in [1.82, 2.24) is 0 Å². The highest BCUT2D eigenvalue weighted by Crippen LogP contribution is 2.45. The summed E-state index contributed by atoms with van der Waals surface area (Å²) in [5.41, 5.74) is 6.82. The first-order valence-electron chi connectivity index (χ1n) is 5.48. The van der Waals surface area contributed by atoms with Gasteiger partial charge in [-0.1, -0.05) is 26.2 Å². The predicted molar refractivity (Wildman–Crippen MR) is 51.9 cm³/mol. The zero-order chi connectivity index (χ0) is 8.60. The van der Waals surface area contributed by atoms with E-state index in [1.165, 1.54) is 44.9 Å². The zero-order valence-electron chi connectivity index (χ0n) is 8.18. The van der Waals surface area contributed by atoms with Gasteiger partial charge in [0.2, 0.25) is 0 Å². The van der Waals surface area contributed by atoms with Crippen LogP contribution in [-0.4, -0.2) is 6.04 Å². The van der Waals surface area contributed by atoms with Gasteiger partial charge in [0.25, 0.3) is 0 Å². The lowest BCUT2D eigenvalue weighted by atomic mass is 9.68. The van der Waals surface area contributed by atoms with Gasteiger partial charge in [-0.05, 0) is 37.0 Å². The standard InChI is InChI=1S/C11H21N/c1-11(7-2-3-8-11)10(12)9-5-4-6-9/h9-10H,2-8,12H2,1H3. The molecular weight excluding hydrogens is 146 g/mol. The van der Waals surface area contributed by atoms with E-state index < -0.39 is 0 Å². The second-order valence-electron chi connectivity index (χ2n) is 5.08. The van der Waals surface area contributed by atoms with Crippen LogP contribution in [0.15, 0.2) is 0 Å². The maximum Gasteiger partial charge on any atom is 0.0121 e. The van der Waals surface area contributed by atoms with E-state index in [2.05, 4.69) is 6.92 Å². The molecule has 1 nitrogen and oxygen atoms in total. The fourth-order valence-corrected chi connectivity index (χ4v) is 2.88. The molecule has 2 N–H and O–H groups in total. The summed E-state index contributed by atoms with van der Waals surface area (Å²) in [6.45, 7) is 2.41. The molecule has 2 fully saturated rings. The molecule has 0 aromatic rings. The molecule has 2 aliphatic carbocycles. The van der Waals surface area contributed by atoms with Crippen LogP contribution < -0.4 is 5.73 Å². The van der Waals surface area contributed by atoms with Crippen molar-refractivity contribution in [1.29, 1.82) is 0 Å². The first kappa shape index (κ1) is 8.55. The van der Waals surface area contributed by atoms with Gasteiger partial charge in [0.05, 0.1) is 0 Å². The lowest BCUT2D eigenvalue weighted by molar-refractivity contribution is 0.139. The molecule has 2 rings (SSSR count). The van der Waals surface area contributed by atoms with Crippen LogP contribution >= 0.6 is 0 Å². The minimum absolute atomic E-state index is 0.505. The third-order valence-corrected chi connectivity index (χ3v) is 4.21. The molecule has 0 bridgehead atoms. The van der Waals surface area contributed by atoms with Crippen molar-refractivity contribution in [2.45, 2.75) is 57.9 Å². The Bertz CT molecular complexity index is 154. The molecular formula is C11H21N. The van der Waals surface area contributed by atoms with Gasteiger partial charge in [-0.2, -0.15) is 0 Å². The number of rotatable bonds is 2. The summed E-state index contributed by atoms with van der Waals surface area (Å²) in [7, 11) is 0. The molecule has 2 aliphatic rings. The zero-order valence-corrected chi connectivity index (χ0v) is 8.18.